The van der Waals surface area contributed by atoms with E-state index < -0.39 is 9.84 Å². The summed E-state index contributed by atoms with van der Waals surface area (Å²) >= 11 is 0. The van der Waals surface area contributed by atoms with E-state index in [2.05, 4.69) is 5.32 Å². The molecule has 0 aromatic rings. The molecule has 0 aliphatic carbocycles. The van der Waals surface area contributed by atoms with Crippen LogP contribution in [0.5, 0.6) is 0 Å². The lowest BCUT2D eigenvalue weighted by atomic mass is 10.1. The van der Waals surface area contributed by atoms with Gasteiger partial charge in [0, 0.05) is 20.2 Å². The number of methoxy groups -OCH3 is 1. The van der Waals surface area contributed by atoms with Gasteiger partial charge in [0.1, 0.15) is 0 Å². The van der Waals surface area contributed by atoms with E-state index in [1.807, 2.05) is 0 Å². The number of rotatable bonds is 5. The van der Waals surface area contributed by atoms with Crippen molar-refractivity contribution in [1.29, 1.82) is 0 Å². The van der Waals surface area contributed by atoms with Crippen LogP contribution in [-0.4, -0.2) is 46.2 Å². The van der Waals surface area contributed by atoms with Crippen molar-refractivity contribution in [2.75, 3.05) is 32.6 Å². The van der Waals surface area contributed by atoms with Crippen LogP contribution in [0.25, 0.3) is 0 Å². The Balaban J connectivity index is 2.43. The van der Waals surface area contributed by atoms with Crippen molar-refractivity contribution in [2.45, 2.75) is 12.2 Å². The van der Waals surface area contributed by atoms with Crippen LogP contribution in [0.4, 0.5) is 0 Å². The summed E-state index contributed by atoms with van der Waals surface area (Å²) in [5.41, 5.74) is 0. The highest BCUT2D eigenvalue weighted by Gasteiger charge is 2.28. The van der Waals surface area contributed by atoms with E-state index in [0.29, 0.717) is 18.3 Å². The van der Waals surface area contributed by atoms with Gasteiger partial charge in [-0.2, -0.15) is 0 Å². The molecule has 0 bridgehead atoms. The van der Waals surface area contributed by atoms with Crippen LogP contribution in [0, 0.1) is 5.92 Å². The Morgan fingerprint density at radius 2 is 2.15 bits per heavy atom. The predicted octanol–water partition coefficient (Wildman–Crippen LogP) is -0.344. The smallest absolute Gasteiger partial charge is 0.155 e. The molecule has 1 aliphatic rings. The second-order valence-corrected chi connectivity index (χ2v) is 6.08. The molecule has 0 spiro atoms. The summed E-state index contributed by atoms with van der Waals surface area (Å²) in [5, 5.41) is 2.68. The Bertz CT molecular complexity index is 246. The Labute approximate surface area is 79.6 Å². The van der Waals surface area contributed by atoms with Crippen molar-refractivity contribution in [1.82, 2.24) is 5.32 Å². The van der Waals surface area contributed by atoms with Gasteiger partial charge in [0.15, 0.2) is 9.84 Å². The van der Waals surface area contributed by atoms with Crippen LogP contribution in [0.1, 0.15) is 6.92 Å². The standard InChI is InChI=1S/C8H17NO3S/c1-7(5-12-2)13(10,11)6-8-3-9-4-8/h7-9H,3-6H2,1-2H3. The molecule has 1 aliphatic heterocycles. The van der Waals surface area contributed by atoms with E-state index in [0.717, 1.165) is 13.1 Å². The highest BCUT2D eigenvalue weighted by atomic mass is 32.2. The molecule has 1 rings (SSSR count). The van der Waals surface area contributed by atoms with Gasteiger partial charge in [-0.25, -0.2) is 8.42 Å². The fourth-order valence-electron chi connectivity index (χ4n) is 1.30. The highest BCUT2D eigenvalue weighted by molar-refractivity contribution is 7.92. The molecule has 1 saturated heterocycles. The van der Waals surface area contributed by atoms with Crippen LogP contribution >= 0.6 is 0 Å². The van der Waals surface area contributed by atoms with Crippen LogP contribution < -0.4 is 5.32 Å². The Hall–Kier alpha value is -0.130. The third kappa shape index (κ3) is 2.93. The molecule has 1 unspecified atom stereocenters. The summed E-state index contributed by atoms with van der Waals surface area (Å²) in [6.07, 6.45) is 0. The average molecular weight is 207 g/mol. The fourth-order valence-corrected chi connectivity index (χ4v) is 2.86. The second kappa shape index (κ2) is 4.39. The minimum atomic E-state index is -2.95. The van der Waals surface area contributed by atoms with Gasteiger partial charge in [-0.05, 0) is 12.8 Å². The molecule has 13 heavy (non-hydrogen) atoms. The largest absolute Gasteiger partial charge is 0.383 e. The van der Waals surface area contributed by atoms with Gasteiger partial charge in [0.2, 0.25) is 0 Å². The molecule has 0 aromatic heterocycles. The van der Waals surface area contributed by atoms with Crippen LogP contribution in [0.15, 0.2) is 0 Å². The average Bonchev–Trinajstić information content (AvgIpc) is 1.98. The summed E-state index contributed by atoms with van der Waals surface area (Å²) in [4.78, 5) is 0. The minimum Gasteiger partial charge on any atom is -0.383 e. The summed E-state index contributed by atoms with van der Waals surface area (Å²) in [6, 6.07) is 0. The zero-order chi connectivity index (χ0) is 9.90. The molecule has 0 saturated carbocycles. The first kappa shape index (κ1) is 10.9. The lowest BCUT2D eigenvalue weighted by Crippen LogP contribution is -2.47. The number of hydrogen-bond acceptors (Lipinski definition) is 4. The molecule has 4 nitrogen and oxygen atoms in total. The van der Waals surface area contributed by atoms with Crippen LogP contribution in [0.2, 0.25) is 0 Å². The van der Waals surface area contributed by atoms with Gasteiger partial charge in [-0.3, -0.25) is 0 Å². The molecule has 1 heterocycles. The van der Waals surface area contributed by atoms with Gasteiger partial charge in [0.05, 0.1) is 17.6 Å². The van der Waals surface area contributed by atoms with E-state index in [4.69, 9.17) is 4.74 Å². The van der Waals surface area contributed by atoms with Crippen molar-refractivity contribution in [2.24, 2.45) is 5.92 Å². The quantitative estimate of drug-likeness (QED) is 0.670. The van der Waals surface area contributed by atoms with Gasteiger partial charge < -0.3 is 10.1 Å². The highest BCUT2D eigenvalue weighted by Crippen LogP contribution is 2.11. The number of ether oxygens (including phenoxy) is 1. The summed E-state index contributed by atoms with van der Waals surface area (Å²) in [7, 11) is -1.42. The molecule has 78 valence electrons. The van der Waals surface area contributed by atoms with E-state index in [-0.39, 0.29) is 5.25 Å². The molecule has 0 aromatic carbocycles. The van der Waals surface area contributed by atoms with Crippen molar-refractivity contribution in [3.8, 4) is 0 Å². The maximum atomic E-state index is 11.6. The van der Waals surface area contributed by atoms with E-state index in [9.17, 15) is 8.42 Å². The van der Waals surface area contributed by atoms with E-state index >= 15 is 0 Å². The zero-order valence-corrected chi connectivity index (χ0v) is 8.93. The lowest BCUT2D eigenvalue weighted by Gasteiger charge is -2.27. The SMILES string of the molecule is COCC(C)S(=O)(=O)CC1CNC1. The summed E-state index contributed by atoms with van der Waals surface area (Å²) in [6.45, 7) is 3.66. The third-order valence-corrected chi connectivity index (χ3v) is 4.65. The first-order valence-electron chi connectivity index (χ1n) is 4.47. The van der Waals surface area contributed by atoms with Crippen molar-refractivity contribution in [3.05, 3.63) is 0 Å². The Morgan fingerprint density at radius 3 is 2.54 bits per heavy atom. The number of nitrogens with one attached hydrogen (secondary N) is 1. The van der Waals surface area contributed by atoms with Gasteiger partial charge in [-0.15, -0.1) is 0 Å². The zero-order valence-electron chi connectivity index (χ0n) is 8.12. The number of sulfone groups is 1. The Kier molecular flexibility index (Phi) is 3.70. The molecule has 0 amide bonds. The third-order valence-electron chi connectivity index (χ3n) is 2.35. The summed E-state index contributed by atoms with van der Waals surface area (Å²) in [5.74, 6) is 0.606. The van der Waals surface area contributed by atoms with Gasteiger partial charge >= 0.3 is 0 Å². The molecule has 0 radical (unpaired) electrons. The molecular weight excluding hydrogens is 190 g/mol. The monoisotopic (exact) mass is 207 g/mol. The molecule has 1 fully saturated rings. The fraction of sp³-hybridized carbons (Fsp3) is 1.00. The van der Waals surface area contributed by atoms with Crippen molar-refractivity contribution < 1.29 is 13.2 Å². The first-order chi connectivity index (χ1) is 6.06. The second-order valence-electron chi connectivity index (χ2n) is 3.62. The molecule has 5 heteroatoms. The predicted molar refractivity (Wildman–Crippen MR) is 51.5 cm³/mol. The normalized spacial score (nSPS) is 21.1. The van der Waals surface area contributed by atoms with E-state index in [1.54, 1.807) is 6.92 Å². The first-order valence-corrected chi connectivity index (χ1v) is 6.19. The molecule has 1 atom stereocenters. The minimum absolute atomic E-state index is 0.294. The van der Waals surface area contributed by atoms with Crippen LogP contribution in [-0.2, 0) is 14.6 Å². The van der Waals surface area contributed by atoms with Gasteiger partial charge in [-0.1, -0.05) is 0 Å². The maximum absolute atomic E-state index is 11.6. The topological polar surface area (TPSA) is 55.4 Å². The van der Waals surface area contributed by atoms with Crippen molar-refractivity contribution >= 4 is 9.84 Å². The van der Waals surface area contributed by atoms with Crippen molar-refractivity contribution in [3.63, 3.8) is 0 Å². The maximum Gasteiger partial charge on any atom is 0.155 e. The molecular formula is C8H17NO3S. The lowest BCUT2D eigenvalue weighted by molar-refractivity contribution is 0.200. The van der Waals surface area contributed by atoms with E-state index in [1.165, 1.54) is 7.11 Å². The number of hydrogen-bond donors (Lipinski definition) is 1. The van der Waals surface area contributed by atoms with Gasteiger partial charge in [0.25, 0.3) is 0 Å². The summed E-state index contributed by atoms with van der Waals surface area (Å²) < 4.78 is 28.1. The van der Waals surface area contributed by atoms with Crippen LogP contribution in [0.3, 0.4) is 0 Å². The molecule has 1 N–H and O–H groups in total. The Morgan fingerprint density at radius 1 is 1.54 bits per heavy atom.